The molecule has 0 bridgehead atoms. The summed E-state index contributed by atoms with van der Waals surface area (Å²) < 4.78 is 10.1. The van der Waals surface area contributed by atoms with E-state index in [1.807, 2.05) is 0 Å². The molecule has 0 saturated heterocycles. The van der Waals surface area contributed by atoms with Crippen molar-refractivity contribution in [1.82, 2.24) is 0 Å². The largest absolute Gasteiger partial charge is 0.288 e. The second-order valence-corrected chi connectivity index (χ2v) is 59.4. The molecule has 274 valence electrons. The summed E-state index contributed by atoms with van der Waals surface area (Å²) in [5.74, 6) is 0. The minimum Gasteiger partial charge on any atom is -0.288 e. The van der Waals surface area contributed by atoms with Crippen LogP contribution >= 0.6 is 446 Å². The molecular formula is C13H2Br28O3S. The Morgan fingerprint density at radius 2 is 0.311 bits per heavy atom. The summed E-state index contributed by atoms with van der Waals surface area (Å²) in [4.78, 5) is 0. The van der Waals surface area contributed by atoms with Gasteiger partial charge in [0, 0.05) is 0 Å². The summed E-state index contributed by atoms with van der Waals surface area (Å²) in [7, 11) is -3.12. The van der Waals surface area contributed by atoms with Crippen LogP contribution in [0.15, 0.2) is 0 Å². The summed E-state index contributed by atoms with van der Waals surface area (Å²) in [5, 5.41) is 0. The fraction of sp³-hybridized carbons (Fsp3) is 1.00. The first-order chi connectivity index (χ1) is 18.7. The number of hydrogen-bond donors (Lipinski definition) is 2. The molecule has 0 fully saturated rings. The second-order valence-electron chi connectivity index (χ2n) is 7.55. The molecule has 32 heteroatoms. The van der Waals surface area contributed by atoms with Crippen LogP contribution in [0.5, 0.6) is 0 Å². The highest BCUT2D eigenvalue weighted by Crippen LogP contribution is 2.82. The van der Waals surface area contributed by atoms with Gasteiger partial charge in [0.2, 0.25) is 0 Å². The lowest BCUT2D eigenvalue weighted by atomic mass is 10.0. The van der Waals surface area contributed by atoms with E-state index in [-0.39, 0.29) is 0 Å². The van der Waals surface area contributed by atoms with Crippen LogP contribution in [0.1, 0.15) is 0 Å². The molecule has 3 nitrogen and oxygen atoms in total. The van der Waals surface area contributed by atoms with E-state index >= 15 is 0 Å². The zero-order valence-electron chi connectivity index (χ0n) is 18.8. The van der Waals surface area contributed by atoms with Gasteiger partial charge in [-0.25, -0.2) is 8.42 Å². The van der Waals surface area contributed by atoms with Crippen molar-refractivity contribution in [2.24, 2.45) is 0 Å². The standard InChI is InChI=1S/C13Br28.H2O3S/c14-1(15,2(16,17)4(20,21)6(24,25)8(28,29)10(32,33)12(36,37)38)3(18,19)5(22,23)7(26,27)9(30,31)11(34,35)13(39,40)41;1-4(2)3/h;4H,(H,1,2,3). The van der Waals surface area contributed by atoms with Crippen molar-refractivity contribution in [1.29, 1.82) is 0 Å². The first-order valence-corrected chi connectivity index (χ1v) is 32.2. The van der Waals surface area contributed by atoms with E-state index in [2.05, 4.69) is 446 Å². The van der Waals surface area contributed by atoms with Crippen LogP contribution in [0.2, 0.25) is 0 Å². The van der Waals surface area contributed by atoms with E-state index in [0.29, 0.717) is 0 Å². The number of rotatable bonds is 10. The molecule has 0 heterocycles. The third-order valence-corrected chi connectivity index (χ3v) is 62.1. The normalized spacial score (nSPS) is 16.5. The Kier molecular flexibility index (Phi) is 27.5. The average molecular weight is 2480 g/mol. The van der Waals surface area contributed by atoms with E-state index in [9.17, 15) is 0 Å². The Hall–Kier alpha value is 13.4. The van der Waals surface area contributed by atoms with Gasteiger partial charge >= 0.3 is 0 Å². The summed E-state index contributed by atoms with van der Waals surface area (Å²) in [5.41, 5.74) is 0. The Bertz CT molecular complexity index is 1040. The monoisotopic (exact) mass is 2450 g/mol. The highest BCUT2D eigenvalue weighted by atomic mass is 80.0. The van der Waals surface area contributed by atoms with Crippen molar-refractivity contribution in [3.05, 3.63) is 0 Å². The molecule has 0 aliphatic carbocycles. The summed E-state index contributed by atoms with van der Waals surface area (Å²) in [6.45, 7) is 0. The lowest BCUT2D eigenvalue weighted by molar-refractivity contribution is 0.509. The highest BCUT2D eigenvalue weighted by molar-refractivity contribution is 9.43. The van der Waals surface area contributed by atoms with Crippen molar-refractivity contribution in [3.63, 3.8) is 0 Å². The van der Waals surface area contributed by atoms with Crippen LogP contribution in [-0.4, -0.2) is 52.8 Å². The molecule has 0 spiro atoms. The number of hydrogen-bond acceptors (Lipinski definition) is 2. The fourth-order valence-corrected chi connectivity index (χ4v) is 28.6. The molecule has 0 aliphatic rings. The Morgan fingerprint density at radius 1 is 0.244 bits per heavy atom. The van der Waals surface area contributed by atoms with Gasteiger partial charge in [-0.3, -0.25) is 4.55 Å². The quantitative estimate of drug-likeness (QED) is 0.130. The first-order valence-electron chi connectivity index (χ1n) is 8.86. The SMILES string of the molecule is BrC(Br)(Br)C(Br)(Br)C(Br)(Br)C(Br)(Br)C(Br)(Br)C(Br)(Br)C(Br)(Br)C(Br)(Br)C(Br)(Br)C(Br)(Br)C(Br)(Br)C(Br)(Br)C(Br)(Br)Br.O=[SH](=O)O. The maximum absolute atomic E-state index is 8.59. The molecule has 0 aromatic carbocycles. The fourth-order valence-electron chi connectivity index (χ4n) is 2.13. The van der Waals surface area contributed by atoms with Gasteiger partial charge in [-0.05, 0) is 0 Å². The van der Waals surface area contributed by atoms with Gasteiger partial charge in [-0.15, -0.1) is 0 Å². The Labute approximate surface area is 497 Å². The van der Waals surface area contributed by atoms with E-state index in [0.717, 1.165) is 0 Å². The summed E-state index contributed by atoms with van der Waals surface area (Å²) in [6, 6.07) is 0. The van der Waals surface area contributed by atoms with Gasteiger partial charge in [0.25, 0.3) is 11.0 Å². The Balaban J connectivity index is 0. The lowest BCUT2D eigenvalue weighted by Crippen LogP contribution is -2.72. The van der Waals surface area contributed by atoms with Gasteiger partial charge < -0.3 is 0 Å². The van der Waals surface area contributed by atoms with Gasteiger partial charge in [0.05, 0.1) is 0 Å². The zero-order valence-corrected chi connectivity index (χ0v) is 64.1. The molecule has 0 saturated carbocycles. The Morgan fingerprint density at radius 3 is 0.378 bits per heavy atom. The molecule has 0 radical (unpaired) electrons. The third kappa shape index (κ3) is 11.9. The molecule has 0 aromatic heterocycles. The molecular weight excluding hydrogens is 2470 g/mol. The molecule has 0 aromatic rings. The van der Waals surface area contributed by atoms with Crippen molar-refractivity contribution >= 4 is 457 Å². The molecule has 0 aliphatic heterocycles. The van der Waals surface area contributed by atoms with Crippen LogP contribution in [0, 0.1) is 0 Å². The first kappa shape index (κ1) is 60.4. The molecule has 0 atom stereocenters. The van der Waals surface area contributed by atoms with Crippen LogP contribution in [0.3, 0.4) is 0 Å². The van der Waals surface area contributed by atoms with Crippen molar-refractivity contribution < 1.29 is 13.0 Å². The van der Waals surface area contributed by atoms with Gasteiger partial charge in [-0.1, -0.05) is 446 Å². The topological polar surface area (TPSA) is 54.4 Å². The van der Waals surface area contributed by atoms with Crippen LogP contribution < -0.4 is 0 Å². The number of halogens is 28. The average Bonchev–Trinajstić information content (AvgIpc) is 2.75. The highest BCUT2D eigenvalue weighted by Gasteiger charge is 2.82. The summed E-state index contributed by atoms with van der Waals surface area (Å²) in [6.07, 6.45) is 0. The molecule has 0 rings (SSSR count). The predicted octanol–water partition coefficient (Wildman–Crippen LogP) is 20.1. The minimum atomic E-state index is -3.12. The van der Waals surface area contributed by atoms with Crippen molar-refractivity contribution in [3.8, 4) is 0 Å². The maximum atomic E-state index is 8.59. The van der Waals surface area contributed by atoms with Gasteiger partial charge in [-0.2, -0.15) is 0 Å². The molecule has 1 N–H and O–H groups in total. The zero-order chi connectivity index (χ0) is 38.1. The number of thiol groups is 1. The second kappa shape index (κ2) is 20.5. The van der Waals surface area contributed by atoms with Gasteiger partial charge in [0.1, 0.15) is 35.6 Å². The minimum absolute atomic E-state index is 0.861. The van der Waals surface area contributed by atoms with Gasteiger partial charge in [0.15, 0.2) is 4.29 Å². The third-order valence-electron chi connectivity index (χ3n) is 4.66. The van der Waals surface area contributed by atoms with E-state index < -0.39 is 50.8 Å². The van der Waals surface area contributed by atoms with E-state index in [1.165, 1.54) is 0 Å². The van der Waals surface area contributed by atoms with Crippen molar-refractivity contribution in [2.75, 3.05) is 0 Å². The predicted molar refractivity (Wildman–Crippen MR) is 298 cm³/mol. The smallest absolute Gasteiger partial charge is 0.254 e. The van der Waals surface area contributed by atoms with Crippen LogP contribution in [0.4, 0.5) is 0 Å². The lowest BCUT2D eigenvalue weighted by Gasteiger charge is -2.61. The maximum Gasteiger partial charge on any atom is 0.254 e. The summed E-state index contributed by atoms with van der Waals surface area (Å²) >= 11 is 107. The number of alkyl halides is 28. The van der Waals surface area contributed by atoms with E-state index in [4.69, 9.17) is 13.0 Å². The molecule has 0 amide bonds. The molecule has 45 heavy (non-hydrogen) atoms. The van der Waals surface area contributed by atoms with Crippen LogP contribution in [0.25, 0.3) is 0 Å². The molecule has 0 unspecified atom stereocenters. The van der Waals surface area contributed by atoms with E-state index in [1.54, 1.807) is 0 Å². The van der Waals surface area contributed by atoms with Crippen LogP contribution in [-0.2, 0) is 11.0 Å². The van der Waals surface area contributed by atoms with Crippen molar-refractivity contribution in [2.45, 2.75) is 39.9 Å².